The predicted molar refractivity (Wildman–Crippen MR) is 288 cm³/mol. The Kier molecular flexibility index (Phi) is 51.9. The zero-order valence-corrected chi connectivity index (χ0v) is 43.6. The van der Waals surface area contributed by atoms with E-state index in [-0.39, 0.29) is 44.0 Å². The minimum absolute atomic E-state index is 0.106. The van der Waals surface area contributed by atoms with Crippen molar-refractivity contribution in [1.82, 2.24) is 0 Å². The lowest BCUT2D eigenvalue weighted by Crippen LogP contribution is -2.30. The molecular formula is C61H102O6. The molecule has 67 heavy (non-hydrogen) atoms. The van der Waals surface area contributed by atoms with Crippen molar-refractivity contribution in [3.63, 3.8) is 0 Å². The molecule has 6 heteroatoms. The first-order valence-corrected chi connectivity index (χ1v) is 27.7. The van der Waals surface area contributed by atoms with Crippen LogP contribution >= 0.6 is 0 Å². The van der Waals surface area contributed by atoms with Crippen molar-refractivity contribution in [3.8, 4) is 0 Å². The Morgan fingerprint density at radius 2 is 0.597 bits per heavy atom. The second-order valence-electron chi connectivity index (χ2n) is 18.1. The van der Waals surface area contributed by atoms with Crippen molar-refractivity contribution in [1.29, 1.82) is 0 Å². The highest BCUT2D eigenvalue weighted by Crippen LogP contribution is 2.15. The lowest BCUT2D eigenvalue weighted by molar-refractivity contribution is -0.167. The van der Waals surface area contributed by atoms with Crippen molar-refractivity contribution < 1.29 is 28.6 Å². The summed E-state index contributed by atoms with van der Waals surface area (Å²) in [4.78, 5) is 38.1. The lowest BCUT2D eigenvalue weighted by Gasteiger charge is -2.18. The second-order valence-corrected chi connectivity index (χ2v) is 18.1. The van der Waals surface area contributed by atoms with Crippen LogP contribution < -0.4 is 0 Å². The van der Waals surface area contributed by atoms with Gasteiger partial charge in [0.1, 0.15) is 13.2 Å². The molecule has 0 aliphatic heterocycles. The predicted octanol–water partition coefficient (Wildman–Crippen LogP) is 18.5. The normalized spacial score (nSPS) is 12.8. The second kappa shape index (κ2) is 54.9. The topological polar surface area (TPSA) is 78.9 Å². The van der Waals surface area contributed by atoms with Gasteiger partial charge >= 0.3 is 17.9 Å². The van der Waals surface area contributed by atoms with Crippen molar-refractivity contribution in [2.75, 3.05) is 13.2 Å². The molecular weight excluding hydrogens is 829 g/mol. The van der Waals surface area contributed by atoms with Crippen LogP contribution in [-0.4, -0.2) is 37.2 Å². The molecule has 0 amide bonds. The van der Waals surface area contributed by atoms with Crippen LogP contribution in [0.5, 0.6) is 0 Å². The van der Waals surface area contributed by atoms with Gasteiger partial charge in [-0.05, 0) is 96.3 Å². The molecule has 0 saturated carbocycles. The first-order valence-electron chi connectivity index (χ1n) is 27.7. The van der Waals surface area contributed by atoms with Gasteiger partial charge in [0.25, 0.3) is 0 Å². The summed E-state index contributed by atoms with van der Waals surface area (Å²) in [6.07, 6.45) is 72.5. The van der Waals surface area contributed by atoms with E-state index in [2.05, 4.69) is 118 Å². The maximum Gasteiger partial charge on any atom is 0.306 e. The Balaban J connectivity index is 4.52. The van der Waals surface area contributed by atoms with Gasteiger partial charge in [-0.3, -0.25) is 14.4 Å². The van der Waals surface area contributed by atoms with Gasteiger partial charge in [0.2, 0.25) is 0 Å². The monoisotopic (exact) mass is 931 g/mol. The zero-order chi connectivity index (χ0) is 48.6. The van der Waals surface area contributed by atoms with Crippen LogP contribution in [0.15, 0.2) is 97.2 Å². The van der Waals surface area contributed by atoms with E-state index in [1.165, 1.54) is 109 Å². The summed E-state index contributed by atoms with van der Waals surface area (Å²) in [6, 6.07) is 0. The smallest absolute Gasteiger partial charge is 0.306 e. The zero-order valence-electron chi connectivity index (χ0n) is 43.6. The van der Waals surface area contributed by atoms with E-state index in [0.29, 0.717) is 12.8 Å². The van der Waals surface area contributed by atoms with Gasteiger partial charge < -0.3 is 14.2 Å². The van der Waals surface area contributed by atoms with Crippen LogP contribution in [0.25, 0.3) is 0 Å². The molecule has 6 nitrogen and oxygen atoms in total. The summed E-state index contributed by atoms with van der Waals surface area (Å²) in [5.74, 6) is -0.994. The summed E-state index contributed by atoms with van der Waals surface area (Å²) in [5.41, 5.74) is 0. The molecule has 1 atom stereocenters. The maximum absolute atomic E-state index is 12.8. The van der Waals surface area contributed by atoms with Gasteiger partial charge in [0.05, 0.1) is 0 Å². The molecule has 0 bridgehead atoms. The molecule has 0 aromatic heterocycles. The number of hydrogen-bond acceptors (Lipinski definition) is 6. The maximum atomic E-state index is 12.8. The van der Waals surface area contributed by atoms with Crippen LogP contribution in [0.4, 0.5) is 0 Å². The summed E-state index contributed by atoms with van der Waals surface area (Å²) < 4.78 is 16.8. The van der Waals surface area contributed by atoms with Crippen LogP contribution in [0.3, 0.4) is 0 Å². The Hall–Kier alpha value is -3.67. The average Bonchev–Trinajstić information content (AvgIpc) is 3.33. The van der Waals surface area contributed by atoms with Crippen LogP contribution in [-0.2, 0) is 28.6 Å². The lowest BCUT2D eigenvalue weighted by atomic mass is 10.0. The fraction of sp³-hybridized carbons (Fsp3) is 0.689. The van der Waals surface area contributed by atoms with Crippen molar-refractivity contribution in [2.24, 2.45) is 0 Å². The molecule has 0 heterocycles. The van der Waals surface area contributed by atoms with Gasteiger partial charge in [0.15, 0.2) is 6.10 Å². The Bertz CT molecular complexity index is 1350. The molecule has 0 radical (unpaired) electrons. The Morgan fingerprint density at radius 1 is 0.313 bits per heavy atom. The van der Waals surface area contributed by atoms with E-state index in [1.54, 1.807) is 0 Å². The minimum Gasteiger partial charge on any atom is -0.462 e. The molecule has 0 aromatic rings. The number of carbonyl (C=O) groups excluding carboxylic acids is 3. The standard InChI is InChI=1S/C61H102O6/c1-4-7-10-13-16-19-22-25-28-31-34-36-39-42-45-48-51-54-60(63)66-57-58(67-61(64)55-52-49-46-43-40-37-33-30-27-24-21-18-15-12-9-6-3)56-65-59(62)53-50-47-44-41-38-35-32-29-26-23-20-17-14-11-8-5-2/h9,12,16,18-19,21,25,27-28,30,34,36-37,40,42,45,58H,4-8,10-11,13-15,17,20,22-24,26,29,31-33,35,38-39,41,43-44,46-57H2,1-3H3/b12-9-,19-16-,21-18-,28-25-,30-27-,36-34-,40-37-,45-42-. The van der Waals surface area contributed by atoms with Gasteiger partial charge in [0, 0.05) is 19.3 Å². The van der Waals surface area contributed by atoms with Crippen LogP contribution in [0, 0.1) is 0 Å². The Morgan fingerprint density at radius 3 is 1.00 bits per heavy atom. The van der Waals surface area contributed by atoms with E-state index in [1.807, 2.05) is 0 Å². The number of unbranched alkanes of at least 4 members (excludes halogenated alkanes) is 22. The quantitative estimate of drug-likeness (QED) is 0.0262. The molecule has 0 rings (SSSR count). The SMILES string of the molecule is CC/C=C\C/C=C\C/C=C\C/C=C\CCCCCC(=O)OC(COC(=O)CCC/C=C\C/C=C\C/C=C\C/C=C\CCCCC)COC(=O)CCCCCCCCCCCCCCCCCC. The summed E-state index contributed by atoms with van der Waals surface area (Å²) >= 11 is 0. The summed E-state index contributed by atoms with van der Waals surface area (Å²) in [6.45, 7) is 6.43. The highest BCUT2D eigenvalue weighted by Gasteiger charge is 2.19. The van der Waals surface area contributed by atoms with Crippen molar-refractivity contribution in [3.05, 3.63) is 97.2 Å². The number of rotatable bonds is 49. The number of ether oxygens (including phenoxy) is 3. The fourth-order valence-electron chi connectivity index (χ4n) is 7.43. The molecule has 0 spiro atoms. The highest BCUT2D eigenvalue weighted by molar-refractivity contribution is 5.71. The van der Waals surface area contributed by atoms with Crippen molar-refractivity contribution in [2.45, 2.75) is 258 Å². The third-order valence-corrected chi connectivity index (χ3v) is 11.6. The molecule has 0 aliphatic rings. The summed E-state index contributed by atoms with van der Waals surface area (Å²) in [7, 11) is 0. The Labute approximate surface area is 413 Å². The summed E-state index contributed by atoms with van der Waals surface area (Å²) in [5, 5.41) is 0. The van der Waals surface area contributed by atoms with E-state index in [9.17, 15) is 14.4 Å². The third kappa shape index (κ3) is 53.2. The molecule has 382 valence electrons. The minimum atomic E-state index is -0.816. The molecule has 0 N–H and O–H groups in total. The number of allylic oxidation sites excluding steroid dienone is 16. The average molecular weight is 931 g/mol. The highest BCUT2D eigenvalue weighted by atomic mass is 16.6. The van der Waals surface area contributed by atoms with Gasteiger partial charge in [-0.2, -0.15) is 0 Å². The van der Waals surface area contributed by atoms with Gasteiger partial charge in [-0.15, -0.1) is 0 Å². The molecule has 1 unspecified atom stereocenters. The molecule has 0 saturated heterocycles. The van der Waals surface area contributed by atoms with Crippen LogP contribution in [0.2, 0.25) is 0 Å². The fourth-order valence-corrected chi connectivity index (χ4v) is 7.43. The number of esters is 3. The van der Waals surface area contributed by atoms with Crippen molar-refractivity contribution >= 4 is 17.9 Å². The first-order chi connectivity index (χ1) is 33.0. The number of carbonyl (C=O) groups is 3. The molecule has 0 fully saturated rings. The van der Waals surface area contributed by atoms with E-state index < -0.39 is 6.10 Å². The molecule has 0 aromatic carbocycles. The largest absolute Gasteiger partial charge is 0.462 e. The van der Waals surface area contributed by atoms with E-state index >= 15 is 0 Å². The van der Waals surface area contributed by atoms with E-state index in [4.69, 9.17) is 14.2 Å². The van der Waals surface area contributed by atoms with E-state index in [0.717, 1.165) is 96.3 Å². The molecule has 0 aliphatic carbocycles. The third-order valence-electron chi connectivity index (χ3n) is 11.6. The van der Waals surface area contributed by atoms with Gasteiger partial charge in [-0.25, -0.2) is 0 Å². The first kappa shape index (κ1) is 63.3. The number of hydrogen-bond donors (Lipinski definition) is 0. The van der Waals surface area contributed by atoms with Gasteiger partial charge in [-0.1, -0.05) is 234 Å². The van der Waals surface area contributed by atoms with Crippen LogP contribution in [0.1, 0.15) is 252 Å².